The molecule has 4 nitrogen and oxygen atoms in total. The van der Waals surface area contributed by atoms with Gasteiger partial charge in [0.1, 0.15) is 5.75 Å². The molecule has 0 saturated carbocycles. The molecule has 0 aliphatic heterocycles. The van der Waals surface area contributed by atoms with E-state index < -0.39 is 12.6 Å². The third-order valence-corrected chi connectivity index (χ3v) is 4.17. The van der Waals surface area contributed by atoms with Gasteiger partial charge in [-0.25, -0.2) is 4.79 Å². The predicted molar refractivity (Wildman–Crippen MR) is 92.4 cm³/mol. The van der Waals surface area contributed by atoms with Crippen LogP contribution in [0.3, 0.4) is 0 Å². The van der Waals surface area contributed by atoms with E-state index in [1.165, 1.54) is 11.0 Å². The topological polar surface area (TPSA) is 41.6 Å². The smallest absolute Gasteiger partial charge is 0.387 e. The zero-order valence-electron chi connectivity index (χ0n) is 13.2. The molecule has 0 atom stereocenters. The lowest BCUT2D eigenvalue weighted by Crippen LogP contribution is -2.31. The van der Waals surface area contributed by atoms with E-state index >= 15 is 0 Å². The Morgan fingerprint density at radius 1 is 1.25 bits per heavy atom. The molecular weight excluding hydrogens is 382 g/mol. The van der Waals surface area contributed by atoms with E-state index in [9.17, 15) is 13.6 Å². The highest BCUT2D eigenvalue weighted by Gasteiger charge is 2.17. The number of carbonyl (C=O) groups is 1. The van der Waals surface area contributed by atoms with Gasteiger partial charge in [0.05, 0.1) is 5.69 Å². The lowest BCUT2D eigenvalue weighted by molar-refractivity contribution is -0.0493. The normalized spacial score (nSPS) is 10.6. The Morgan fingerprint density at radius 3 is 2.62 bits per heavy atom. The van der Waals surface area contributed by atoms with Crippen molar-refractivity contribution in [2.45, 2.75) is 20.1 Å². The highest BCUT2D eigenvalue weighted by atomic mass is 79.9. The van der Waals surface area contributed by atoms with Crippen LogP contribution in [0.25, 0.3) is 0 Å². The molecule has 2 amide bonds. The van der Waals surface area contributed by atoms with Crippen molar-refractivity contribution in [1.82, 2.24) is 4.90 Å². The minimum atomic E-state index is -2.96. The molecule has 2 rings (SSSR count). The fourth-order valence-electron chi connectivity index (χ4n) is 2.15. The zero-order chi connectivity index (χ0) is 17.7. The number of nitrogens with zero attached hydrogens (tertiary/aromatic N) is 1. The lowest BCUT2D eigenvalue weighted by atomic mass is 10.2. The number of alkyl halides is 2. The molecule has 2 aromatic rings. The van der Waals surface area contributed by atoms with Crippen LogP contribution in [0, 0.1) is 6.92 Å². The van der Waals surface area contributed by atoms with Gasteiger partial charge in [-0.05, 0) is 30.2 Å². The third kappa shape index (κ3) is 4.67. The minimum Gasteiger partial charge on any atom is -0.433 e. The maximum absolute atomic E-state index is 12.5. The second kappa shape index (κ2) is 8.10. The molecule has 7 heteroatoms. The monoisotopic (exact) mass is 398 g/mol. The fourth-order valence-corrected chi connectivity index (χ4v) is 2.56. The summed E-state index contributed by atoms with van der Waals surface area (Å²) in [7, 11) is 1.63. The van der Waals surface area contributed by atoms with Crippen LogP contribution < -0.4 is 10.1 Å². The fraction of sp³-hybridized carbons (Fsp3) is 0.235. The number of carbonyl (C=O) groups excluding carboxylic acids is 1. The van der Waals surface area contributed by atoms with Crippen molar-refractivity contribution in [3.05, 3.63) is 58.1 Å². The number of para-hydroxylation sites is 1. The number of hydrogen-bond donors (Lipinski definition) is 1. The molecule has 2 aromatic carbocycles. The maximum atomic E-state index is 12.5. The Bertz CT molecular complexity index is 725. The molecule has 24 heavy (non-hydrogen) atoms. The van der Waals surface area contributed by atoms with Gasteiger partial charge < -0.3 is 15.0 Å². The average Bonchev–Trinajstić information content (AvgIpc) is 2.52. The summed E-state index contributed by atoms with van der Waals surface area (Å²) in [5, 5.41) is 2.64. The number of ether oxygens (including phenoxy) is 1. The number of amides is 2. The molecule has 0 heterocycles. The Balaban J connectivity index is 2.13. The van der Waals surface area contributed by atoms with Crippen LogP contribution in [0.5, 0.6) is 5.75 Å². The summed E-state index contributed by atoms with van der Waals surface area (Å²) < 4.78 is 30.4. The van der Waals surface area contributed by atoms with Gasteiger partial charge in [-0.1, -0.05) is 46.3 Å². The van der Waals surface area contributed by atoms with E-state index in [2.05, 4.69) is 26.0 Å². The van der Waals surface area contributed by atoms with Crippen molar-refractivity contribution >= 4 is 27.6 Å². The van der Waals surface area contributed by atoms with Gasteiger partial charge in [0.25, 0.3) is 0 Å². The van der Waals surface area contributed by atoms with Crippen molar-refractivity contribution in [1.29, 1.82) is 0 Å². The van der Waals surface area contributed by atoms with Gasteiger partial charge >= 0.3 is 12.6 Å². The van der Waals surface area contributed by atoms with Gasteiger partial charge in [0.2, 0.25) is 0 Å². The molecule has 0 unspecified atom stereocenters. The molecule has 128 valence electrons. The molecule has 0 radical (unpaired) electrons. The standard InChI is InChI=1S/C17H17BrF2N2O2/c1-11-6-5-9-14(24-16(19)20)15(11)21-17(23)22(2)10-12-7-3-4-8-13(12)18/h3-9,16H,10H2,1-2H3,(H,21,23). The molecular formula is C17H17BrF2N2O2. The number of aryl methyl sites for hydroxylation is 1. The summed E-state index contributed by atoms with van der Waals surface area (Å²) in [6, 6.07) is 11.8. The number of rotatable bonds is 5. The quantitative estimate of drug-likeness (QED) is 0.767. The summed E-state index contributed by atoms with van der Waals surface area (Å²) >= 11 is 3.43. The summed E-state index contributed by atoms with van der Waals surface area (Å²) in [6.45, 7) is -0.883. The van der Waals surface area contributed by atoms with E-state index in [1.807, 2.05) is 24.3 Å². The van der Waals surface area contributed by atoms with E-state index in [-0.39, 0.29) is 11.4 Å². The third-order valence-electron chi connectivity index (χ3n) is 3.39. The molecule has 0 bridgehead atoms. The van der Waals surface area contributed by atoms with Crippen molar-refractivity contribution in [2.75, 3.05) is 12.4 Å². The van der Waals surface area contributed by atoms with Gasteiger partial charge in [-0.3, -0.25) is 0 Å². The molecule has 0 aromatic heterocycles. The molecule has 0 aliphatic carbocycles. The Hall–Kier alpha value is -2.15. The van der Waals surface area contributed by atoms with Crippen molar-refractivity contribution in [3.63, 3.8) is 0 Å². The van der Waals surface area contributed by atoms with Crippen LogP contribution in [-0.4, -0.2) is 24.6 Å². The van der Waals surface area contributed by atoms with Gasteiger partial charge in [0, 0.05) is 18.1 Å². The molecule has 0 saturated heterocycles. The van der Waals surface area contributed by atoms with E-state index in [4.69, 9.17) is 0 Å². The average molecular weight is 399 g/mol. The second-order valence-corrected chi connectivity index (χ2v) is 6.06. The number of benzene rings is 2. The van der Waals surface area contributed by atoms with Crippen LogP contribution in [-0.2, 0) is 6.54 Å². The first kappa shape index (κ1) is 18.2. The van der Waals surface area contributed by atoms with Crippen molar-refractivity contribution < 1.29 is 18.3 Å². The summed E-state index contributed by atoms with van der Waals surface area (Å²) in [4.78, 5) is 13.8. The number of hydrogen-bond acceptors (Lipinski definition) is 2. The zero-order valence-corrected chi connectivity index (χ0v) is 14.8. The number of halogens is 3. The van der Waals surface area contributed by atoms with Gasteiger partial charge in [-0.2, -0.15) is 8.78 Å². The number of anilines is 1. The molecule has 0 spiro atoms. The van der Waals surface area contributed by atoms with Crippen LogP contribution in [0.1, 0.15) is 11.1 Å². The van der Waals surface area contributed by atoms with Crippen molar-refractivity contribution in [3.8, 4) is 5.75 Å². The number of nitrogens with one attached hydrogen (secondary N) is 1. The minimum absolute atomic E-state index is 0.0624. The SMILES string of the molecule is Cc1cccc(OC(F)F)c1NC(=O)N(C)Cc1ccccc1Br. The molecule has 0 fully saturated rings. The van der Waals surface area contributed by atoms with Gasteiger partial charge in [0.15, 0.2) is 0 Å². The summed E-state index contributed by atoms with van der Waals surface area (Å²) in [5.74, 6) is -0.0624. The summed E-state index contributed by atoms with van der Waals surface area (Å²) in [5.41, 5.74) is 1.81. The Labute approximate surface area is 147 Å². The van der Waals surface area contributed by atoms with Crippen LogP contribution in [0.4, 0.5) is 19.3 Å². The largest absolute Gasteiger partial charge is 0.433 e. The highest BCUT2D eigenvalue weighted by Crippen LogP contribution is 2.29. The predicted octanol–water partition coefficient (Wildman–Crippen LogP) is 5.02. The maximum Gasteiger partial charge on any atom is 0.387 e. The highest BCUT2D eigenvalue weighted by molar-refractivity contribution is 9.10. The Kier molecular flexibility index (Phi) is 6.14. The second-order valence-electron chi connectivity index (χ2n) is 5.20. The summed E-state index contributed by atoms with van der Waals surface area (Å²) in [6.07, 6.45) is 0. The molecule has 1 N–H and O–H groups in total. The first-order valence-electron chi connectivity index (χ1n) is 7.18. The van der Waals surface area contributed by atoms with Crippen molar-refractivity contribution in [2.24, 2.45) is 0 Å². The Morgan fingerprint density at radius 2 is 1.96 bits per heavy atom. The van der Waals surface area contributed by atoms with E-state index in [0.29, 0.717) is 12.1 Å². The first-order chi connectivity index (χ1) is 11.4. The van der Waals surface area contributed by atoms with Crippen LogP contribution in [0.2, 0.25) is 0 Å². The van der Waals surface area contributed by atoms with Gasteiger partial charge in [-0.15, -0.1) is 0 Å². The lowest BCUT2D eigenvalue weighted by Gasteiger charge is -2.21. The number of urea groups is 1. The van der Waals surface area contributed by atoms with E-state index in [1.54, 1.807) is 26.1 Å². The first-order valence-corrected chi connectivity index (χ1v) is 7.97. The van der Waals surface area contributed by atoms with Crippen LogP contribution >= 0.6 is 15.9 Å². The van der Waals surface area contributed by atoms with Crippen LogP contribution in [0.15, 0.2) is 46.9 Å². The molecule has 0 aliphatic rings. The van der Waals surface area contributed by atoms with E-state index in [0.717, 1.165) is 10.0 Å².